The Morgan fingerprint density at radius 1 is 0.333 bits per heavy atom. The van der Waals surface area contributed by atoms with Crippen LogP contribution in [-0.4, -0.2) is 19.1 Å². The largest absolute Gasteiger partial charge is 0.309 e. The zero-order valence-corrected chi connectivity index (χ0v) is 32.6. The molecular formula is C56H36N4. The Morgan fingerprint density at radius 2 is 0.917 bits per heavy atom. The fourth-order valence-electron chi connectivity index (χ4n) is 9.24. The van der Waals surface area contributed by atoms with Crippen molar-refractivity contribution in [2.24, 2.45) is 0 Å². The summed E-state index contributed by atoms with van der Waals surface area (Å²) in [4.78, 5) is 10.8. The number of aromatic nitrogens is 4. The fourth-order valence-corrected chi connectivity index (χ4v) is 9.24. The van der Waals surface area contributed by atoms with Crippen LogP contribution in [0.15, 0.2) is 218 Å². The molecule has 60 heavy (non-hydrogen) atoms. The highest BCUT2D eigenvalue weighted by Crippen LogP contribution is 2.43. The summed E-state index contributed by atoms with van der Waals surface area (Å²) >= 11 is 0. The van der Waals surface area contributed by atoms with Gasteiger partial charge in [0.25, 0.3) is 0 Å². The first-order valence-electron chi connectivity index (χ1n) is 20.4. The predicted molar refractivity (Wildman–Crippen MR) is 250 cm³/mol. The number of hydrogen-bond donors (Lipinski definition) is 0. The van der Waals surface area contributed by atoms with Crippen molar-refractivity contribution in [3.63, 3.8) is 0 Å². The van der Waals surface area contributed by atoms with E-state index < -0.39 is 0 Å². The topological polar surface area (TPSA) is 35.6 Å². The molecule has 0 spiro atoms. The molecule has 0 bridgehead atoms. The highest BCUT2D eigenvalue weighted by molar-refractivity contribution is 6.26. The van der Waals surface area contributed by atoms with E-state index >= 15 is 0 Å². The molecule has 0 amide bonds. The first-order chi connectivity index (χ1) is 29.8. The molecule has 3 aromatic heterocycles. The van der Waals surface area contributed by atoms with Gasteiger partial charge in [-0.1, -0.05) is 170 Å². The van der Waals surface area contributed by atoms with E-state index in [9.17, 15) is 0 Å². The van der Waals surface area contributed by atoms with E-state index in [1.165, 1.54) is 49.1 Å². The lowest BCUT2D eigenvalue weighted by Gasteiger charge is -2.15. The number of nitrogens with zero attached hydrogens (tertiary/aromatic N) is 4. The van der Waals surface area contributed by atoms with Crippen LogP contribution in [0.3, 0.4) is 0 Å². The van der Waals surface area contributed by atoms with Crippen molar-refractivity contribution in [2.45, 2.75) is 0 Å². The van der Waals surface area contributed by atoms with Gasteiger partial charge in [0.15, 0.2) is 5.82 Å². The maximum atomic E-state index is 5.41. The Balaban J connectivity index is 1.12. The van der Waals surface area contributed by atoms with E-state index in [1.807, 2.05) is 6.07 Å². The Bertz CT molecular complexity index is 3580. The summed E-state index contributed by atoms with van der Waals surface area (Å²) in [5.74, 6) is 0.675. The molecule has 0 atom stereocenters. The highest BCUT2D eigenvalue weighted by Gasteiger charge is 2.23. The first-order valence-corrected chi connectivity index (χ1v) is 20.4. The van der Waals surface area contributed by atoms with E-state index in [-0.39, 0.29) is 0 Å². The van der Waals surface area contributed by atoms with Crippen LogP contribution in [0.1, 0.15) is 0 Å². The number of fused-ring (bicyclic) bond motifs is 8. The summed E-state index contributed by atoms with van der Waals surface area (Å²) in [6, 6.07) is 77.9. The molecule has 0 saturated heterocycles. The molecule has 0 saturated carbocycles. The average Bonchev–Trinajstić information content (AvgIpc) is 3.85. The number of hydrogen-bond acceptors (Lipinski definition) is 2. The molecule has 9 aromatic carbocycles. The third-order valence-corrected chi connectivity index (χ3v) is 11.9. The van der Waals surface area contributed by atoms with Crippen molar-refractivity contribution in [1.29, 1.82) is 0 Å². The van der Waals surface area contributed by atoms with Crippen LogP contribution in [0.5, 0.6) is 0 Å². The molecule has 12 aromatic rings. The van der Waals surface area contributed by atoms with E-state index in [0.29, 0.717) is 5.82 Å². The molecule has 0 fully saturated rings. The molecule has 0 N–H and O–H groups in total. The van der Waals surface area contributed by atoms with Gasteiger partial charge >= 0.3 is 0 Å². The standard InChI is InChI=1S/C56H36N4/c1-3-16-37(17-4-1)38-30-32-41(33-31-38)59-50-27-12-9-23-44(50)45-34-35-53-54(55(45)59)46-24-10-13-28-51(46)60(53)52-29-14-11-25-47(52)56-57-48(40-19-5-2-6-20-40)36-49(58-56)43-26-15-21-39-18-7-8-22-42(39)43/h1-36H. The summed E-state index contributed by atoms with van der Waals surface area (Å²) in [6.07, 6.45) is 0. The normalized spacial score (nSPS) is 11.7. The Labute approximate surface area is 346 Å². The minimum Gasteiger partial charge on any atom is -0.309 e. The van der Waals surface area contributed by atoms with Gasteiger partial charge < -0.3 is 9.13 Å². The summed E-state index contributed by atoms with van der Waals surface area (Å²) < 4.78 is 4.86. The predicted octanol–water partition coefficient (Wildman–Crippen LogP) is 14.5. The van der Waals surface area contributed by atoms with Gasteiger partial charge in [-0.05, 0) is 70.4 Å². The van der Waals surface area contributed by atoms with Gasteiger partial charge in [0.2, 0.25) is 0 Å². The van der Waals surface area contributed by atoms with E-state index in [4.69, 9.17) is 9.97 Å². The van der Waals surface area contributed by atoms with Gasteiger partial charge in [0.05, 0.1) is 39.1 Å². The van der Waals surface area contributed by atoms with Crippen LogP contribution in [0.25, 0.3) is 111 Å². The lowest BCUT2D eigenvalue weighted by Crippen LogP contribution is -2.01. The SMILES string of the molecule is c1ccc(-c2ccc(-n3c4ccccc4c4ccc5c(c6ccccc6n5-c5ccccc5-c5nc(-c6ccccc6)cc(-c6cccc7ccccc67)n5)c43)cc2)cc1. The Morgan fingerprint density at radius 3 is 1.72 bits per heavy atom. The second kappa shape index (κ2) is 13.8. The zero-order valence-electron chi connectivity index (χ0n) is 32.6. The first kappa shape index (κ1) is 34.0. The van der Waals surface area contributed by atoms with Crippen LogP contribution < -0.4 is 0 Å². The van der Waals surface area contributed by atoms with Crippen molar-refractivity contribution >= 4 is 54.4 Å². The lowest BCUT2D eigenvalue weighted by molar-refractivity contribution is 1.14. The van der Waals surface area contributed by atoms with Crippen LogP contribution in [0, 0.1) is 0 Å². The van der Waals surface area contributed by atoms with Crippen molar-refractivity contribution in [2.75, 3.05) is 0 Å². The van der Waals surface area contributed by atoms with E-state index in [2.05, 4.69) is 221 Å². The molecule has 280 valence electrons. The minimum absolute atomic E-state index is 0.675. The third-order valence-electron chi connectivity index (χ3n) is 11.9. The van der Waals surface area contributed by atoms with E-state index in [0.717, 1.165) is 55.9 Å². The Hall–Kier alpha value is -8.08. The molecular weight excluding hydrogens is 729 g/mol. The van der Waals surface area contributed by atoms with Crippen LogP contribution >= 0.6 is 0 Å². The molecule has 0 radical (unpaired) electrons. The van der Waals surface area contributed by atoms with Gasteiger partial charge in [-0.25, -0.2) is 9.97 Å². The molecule has 0 aliphatic heterocycles. The average molecular weight is 765 g/mol. The molecule has 0 aliphatic carbocycles. The minimum atomic E-state index is 0.675. The number of para-hydroxylation sites is 3. The monoisotopic (exact) mass is 764 g/mol. The summed E-state index contributed by atoms with van der Waals surface area (Å²) in [5.41, 5.74) is 14.0. The van der Waals surface area contributed by atoms with E-state index in [1.54, 1.807) is 0 Å². The smallest absolute Gasteiger partial charge is 0.162 e. The molecule has 4 heteroatoms. The summed E-state index contributed by atoms with van der Waals surface area (Å²) in [7, 11) is 0. The zero-order chi connectivity index (χ0) is 39.6. The molecule has 0 unspecified atom stereocenters. The van der Waals surface area contributed by atoms with Crippen molar-refractivity contribution < 1.29 is 0 Å². The molecule has 12 rings (SSSR count). The fraction of sp³-hybridized carbons (Fsp3) is 0. The molecule has 4 nitrogen and oxygen atoms in total. The highest BCUT2D eigenvalue weighted by atomic mass is 15.0. The van der Waals surface area contributed by atoms with Gasteiger partial charge in [0, 0.05) is 43.9 Å². The van der Waals surface area contributed by atoms with Gasteiger partial charge in [0.1, 0.15) is 0 Å². The van der Waals surface area contributed by atoms with Crippen LogP contribution in [0.4, 0.5) is 0 Å². The summed E-state index contributed by atoms with van der Waals surface area (Å²) in [5, 5.41) is 7.18. The molecule has 3 heterocycles. The second-order valence-electron chi connectivity index (χ2n) is 15.3. The van der Waals surface area contributed by atoms with Gasteiger partial charge in [-0.15, -0.1) is 0 Å². The molecule has 0 aliphatic rings. The maximum absolute atomic E-state index is 5.41. The maximum Gasteiger partial charge on any atom is 0.162 e. The van der Waals surface area contributed by atoms with Gasteiger partial charge in [-0.3, -0.25) is 0 Å². The van der Waals surface area contributed by atoms with Crippen LogP contribution in [-0.2, 0) is 0 Å². The second-order valence-corrected chi connectivity index (χ2v) is 15.3. The Kier molecular flexibility index (Phi) is 7.82. The number of rotatable bonds is 6. The summed E-state index contributed by atoms with van der Waals surface area (Å²) in [6.45, 7) is 0. The van der Waals surface area contributed by atoms with Crippen molar-refractivity contribution in [1.82, 2.24) is 19.1 Å². The van der Waals surface area contributed by atoms with Crippen LogP contribution in [0.2, 0.25) is 0 Å². The van der Waals surface area contributed by atoms with Gasteiger partial charge in [-0.2, -0.15) is 0 Å². The van der Waals surface area contributed by atoms with Crippen molar-refractivity contribution in [3.8, 4) is 56.4 Å². The number of benzene rings is 9. The lowest BCUT2D eigenvalue weighted by atomic mass is 10.0. The third kappa shape index (κ3) is 5.39. The van der Waals surface area contributed by atoms with Crippen molar-refractivity contribution in [3.05, 3.63) is 218 Å². The quantitative estimate of drug-likeness (QED) is 0.169.